The van der Waals surface area contributed by atoms with Crippen LogP contribution in [0.25, 0.3) is 0 Å². The first-order chi connectivity index (χ1) is 8.74. The Kier molecular flexibility index (Phi) is 6.69. The van der Waals surface area contributed by atoms with Crippen LogP contribution in [0.3, 0.4) is 0 Å². The molecule has 0 spiro atoms. The molecule has 4 nitrogen and oxygen atoms in total. The Morgan fingerprint density at radius 2 is 2.33 bits per heavy atom. The lowest BCUT2D eigenvalue weighted by molar-refractivity contribution is 0.0932. The quantitative estimate of drug-likeness (QED) is 0.567. The van der Waals surface area contributed by atoms with Gasteiger partial charge in [0.25, 0.3) is 5.91 Å². The zero-order valence-electron chi connectivity index (χ0n) is 10.9. The van der Waals surface area contributed by atoms with E-state index in [0.29, 0.717) is 5.69 Å². The maximum atomic E-state index is 11.8. The maximum Gasteiger partial charge on any atom is 0.270 e. The molecule has 0 radical (unpaired) electrons. The Morgan fingerprint density at radius 1 is 1.50 bits per heavy atom. The summed E-state index contributed by atoms with van der Waals surface area (Å²) in [6.45, 7) is 5.72. The number of carbonyl (C=O) groups excluding carboxylic acids is 1. The van der Waals surface area contributed by atoms with Crippen molar-refractivity contribution in [3.05, 3.63) is 36.9 Å². The van der Waals surface area contributed by atoms with E-state index in [1.807, 2.05) is 13.0 Å². The van der Waals surface area contributed by atoms with E-state index in [4.69, 9.17) is 0 Å². The highest BCUT2D eigenvalue weighted by Gasteiger charge is 2.09. The van der Waals surface area contributed by atoms with Crippen molar-refractivity contribution in [2.75, 3.05) is 0 Å². The molecule has 0 fully saturated rings. The van der Waals surface area contributed by atoms with E-state index in [0.717, 1.165) is 19.3 Å². The average molecular weight is 247 g/mol. The fourth-order valence-electron chi connectivity index (χ4n) is 1.71. The van der Waals surface area contributed by atoms with Crippen LogP contribution in [0.4, 0.5) is 0 Å². The second-order valence-electron chi connectivity index (χ2n) is 4.40. The number of nitrogens with zero attached hydrogens (tertiary/aromatic N) is 2. The fraction of sp³-hybridized carbons (Fsp3) is 0.500. The van der Waals surface area contributed by atoms with Crippen LogP contribution in [-0.4, -0.2) is 21.9 Å². The first-order valence-electron chi connectivity index (χ1n) is 6.42. The van der Waals surface area contributed by atoms with Crippen LogP contribution in [0.15, 0.2) is 31.2 Å². The number of aromatic nitrogens is 2. The van der Waals surface area contributed by atoms with E-state index < -0.39 is 0 Å². The summed E-state index contributed by atoms with van der Waals surface area (Å²) in [6, 6.07) is 1.79. The van der Waals surface area contributed by atoms with E-state index in [2.05, 4.69) is 21.9 Å². The van der Waals surface area contributed by atoms with Gasteiger partial charge >= 0.3 is 0 Å². The summed E-state index contributed by atoms with van der Waals surface area (Å²) in [5, 5.41) is 2.94. The third-order valence-electron chi connectivity index (χ3n) is 2.74. The predicted octanol–water partition coefficient (Wildman–Crippen LogP) is 2.73. The topological polar surface area (TPSA) is 54.9 Å². The van der Waals surface area contributed by atoms with Crippen molar-refractivity contribution < 1.29 is 4.79 Å². The van der Waals surface area contributed by atoms with E-state index in [1.54, 1.807) is 12.3 Å². The second-order valence-corrected chi connectivity index (χ2v) is 4.40. The van der Waals surface area contributed by atoms with E-state index >= 15 is 0 Å². The molecule has 1 aromatic heterocycles. The van der Waals surface area contributed by atoms with E-state index in [-0.39, 0.29) is 11.9 Å². The van der Waals surface area contributed by atoms with Crippen molar-refractivity contribution in [3.63, 3.8) is 0 Å². The van der Waals surface area contributed by atoms with Crippen molar-refractivity contribution in [2.24, 2.45) is 0 Å². The molecule has 18 heavy (non-hydrogen) atoms. The summed E-state index contributed by atoms with van der Waals surface area (Å²) in [6.07, 6.45) is 10.4. The molecule has 1 amide bonds. The summed E-state index contributed by atoms with van der Waals surface area (Å²) < 4.78 is 0. The molecule has 1 atom stereocenters. The molecule has 0 aliphatic rings. The van der Waals surface area contributed by atoms with Crippen LogP contribution in [0.5, 0.6) is 0 Å². The molecule has 98 valence electrons. The fourth-order valence-corrected chi connectivity index (χ4v) is 1.71. The third kappa shape index (κ3) is 5.57. The van der Waals surface area contributed by atoms with Gasteiger partial charge in [-0.2, -0.15) is 0 Å². The Bertz CT molecular complexity index is 365. The van der Waals surface area contributed by atoms with Crippen molar-refractivity contribution in [1.29, 1.82) is 0 Å². The molecule has 0 aromatic carbocycles. The molecule has 4 heteroatoms. The average Bonchev–Trinajstić information content (AvgIpc) is 2.39. The number of nitrogens with one attached hydrogen (secondary N) is 1. The largest absolute Gasteiger partial charge is 0.348 e. The molecule has 0 bridgehead atoms. The molecule has 0 saturated heterocycles. The predicted molar refractivity (Wildman–Crippen MR) is 72.2 cm³/mol. The van der Waals surface area contributed by atoms with Crippen LogP contribution in [0.1, 0.15) is 49.5 Å². The minimum Gasteiger partial charge on any atom is -0.348 e. The van der Waals surface area contributed by atoms with E-state index in [9.17, 15) is 4.79 Å². The Hall–Kier alpha value is -1.71. The number of allylic oxidation sites excluding steroid dienone is 1. The number of amides is 1. The van der Waals surface area contributed by atoms with Gasteiger partial charge in [-0.05, 0) is 32.3 Å². The molecule has 1 N–H and O–H groups in total. The number of carbonyl (C=O) groups is 1. The zero-order chi connectivity index (χ0) is 13.2. The van der Waals surface area contributed by atoms with Crippen LogP contribution in [-0.2, 0) is 0 Å². The van der Waals surface area contributed by atoms with Gasteiger partial charge in [-0.3, -0.25) is 4.79 Å². The standard InChI is InChI=1S/C14H21N3O/c1-3-4-5-6-7-8-12(2)17-14(18)13-9-10-15-11-16-13/h3,9-12H,1,4-8H2,2H3,(H,17,18)/t12-/m0/s1. The molecule has 0 aliphatic heterocycles. The van der Waals surface area contributed by atoms with Crippen LogP contribution in [0.2, 0.25) is 0 Å². The van der Waals surface area contributed by atoms with Crippen LogP contribution < -0.4 is 5.32 Å². The molecular formula is C14H21N3O. The van der Waals surface area contributed by atoms with Gasteiger partial charge in [0.1, 0.15) is 12.0 Å². The SMILES string of the molecule is C=CCCCCC[C@H](C)NC(=O)c1ccncn1. The molecular weight excluding hydrogens is 226 g/mol. The minimum atomic E-state index is -0.129. The first kappa shape index (κ1) is 14.4. The van der Waals surface area contributed by atoms with Crippen molar-refractivity contribution in [2.45, 2.75) is 45.1 Å². The highest BCUT2D eigenvalue weighted by molar-refractivity contribution is 5.92. The molecule has 1 heterocycles. The minimum absolute atomic E-state index is 0.129. The van der Waals surface area contributed by atoms with Crippen LogP contribution in [0, 0.1) is 0 Å². The molecule has 1 aromatic rings. The lowest BCUT2D eigenvalue weighted by Gasteiger charge is -2.13. The number of hydrogen-bond donors (Lipinski definition) is 1. The maximum absolute atomic E-state index is 11.8. The monoisotopic (exact) mass is 247 g/mol. The Morgan fingerprint density at radius 3 is 3.00 bits per heavy atom. The van der Waals surface area contributed by atoms with Gasteiger partial charge in [-0.15, -0.1) is 6.58 Å². The summed E-state index contributed by atoms with van der Waals surface area (Å²) in [5.41, 5.74) is 0.420. The third-order valence-corrected chi connectivity index (χ3v) is 2.74. The Balaban J connectivity index is 2.21. The van der Waals surface area contributed by atoms with Crippen molar-refractivity contribution in [1.82, 2.24) is 15.3 Å². The lowest BCUT2D eigenvalue weighted by Crippen LogP contribution is -2.33. The zero-order valence-corrected chi connectivity index (χ0v) is 10.9. The first-order valence-corrected chi connectivity index (χ1v) is 6.42. The second kappa shape index (κ2) is 8.39. The van der Waals surface area contributed by atoms with E-state index in [1.165, 1.54) is 19.2 Å². The molecule has 0 unspecified atom stereocenters. The van der Waals surface area contributed by atoms with Crippen LogP contribution >= 0.6 is 0 Å². The molecule has 0 aliphatic carbocycles. The summed E-state index contributed by atoms with van der Waals surface area (Å²) >= 11 is 0. The summed E-state index contributed by atoms with van der Waals surface area (Å²) in [7, 11) is 0. The normalized spacial score (nSPS) is 11.8. The van der Waals surface area contributed by atoms with Gasteiger partial charge in [0, 0.05) is 12.2 Å². The number of unbranched alkanes of at least 4 members (excludes halogenated alkanes) is 3. The Labute approximate surface area is 109 Å². The number of hydrogen-bond acceptors (Lipinski definition) is 3. The van der Waals surface area contributed by atoms with Gasteiger partial charge < -0.3 is 5.32 Å². The number of rotatable bonds is 8. The van der Waals surface area contributed by atoms with Gasteiger partial charge in [-0.25, -0.2) is 9.97 Å². The molecule has 1 rings (SSSR count). The summed E-state index contributed by atoms with van der Waals surface area (Å²) in [5.74, 6) is -0.129. The lowest BCUT2D eigenvalue weighted by atomic mass is 10.1. The highest BCUT2D eigenvalue weighted by atomic mass is 16.1. The van der Waals surface area contributed by atoms with Gasteiger partial charge in [0.05, 0.1) is 0 Å². The summed E-state index contributed by atoms with van der Waals surface area (Å²) in [4.78, 5) is 19.5. The highest BCUT2D eigenvalue weighted by Crippen LogP contribution is 2.06. The smallest absolute Gasteiger partial charge is 0.270 e. The van der Waals surface area contributed by atoms with Crippen molar-refractivity contribution >= 4 is 5.91 Å². The van der Waals surface area contributed by atoms with Crippen molar-refractivity contribution in [3.8, 4) is 0 Å². The van der Waals surface area contributed by atoms with Gasteiger partial charge in [-0.1, -0.05) is 18.9 Å². The molecule has 0 saturated carbocycles. The van der Waals surface area contributed by atoms with Gasteiger partial charge in [0.15, 0.2) is 0 Å². The van der Waals surface area contributed by atoms with Gasteiger partial charge in [0.2, 0.25) is 0 Å².